The van der Waals surface area contributed by atoms with Crippen molar-refractivity contribution in [2.75, 3.05) is 13.7 Å². The molecule has 2 aromatic carbocycles. The van der Waals surface area contributed by atoms with Gasteiger partial charge in [0, 0.05) is 18.0 Å². The Labute approximate surface area is 202 Å². The van der Waals surface area contributed by atoms with E-state index in [1.165, 1.54) is 5.56 Å². The molecule has 0 aliphatic carbocycles. The van der Waals surface area contributed by atoms with Gasteiger partial charge in [0.1, 0.15) is 10.8 Å². The number of rotatable bonds is 11. The molecule has 0 fully saturated rings. The molecule has 0 unspecified atom stereocenters. The average molecular weight is 478 g/mol. The molecule has 176 valence electrons. The highest BCUT2D eigenvalue weighted by molar-refractivity contribution is 7.13. The third kappa shape index (κ3) is 6.20. The summed E-state index contributed by atoms with van der Waals surface area (Å²) in [4.78, 5) is 15.3. The lowest BCUT2D eigenvalue weighted by atomic mass is 10.1. The molecule has 0 aliphatic heterocycles. The quantitative estimate of drug-likeness (QED) is 0.302. The van der Waals surface area contributed by atoms with Crippen molar-refractivity contribution in [3.63, 3.8) is 0 Å². The number of ether oxygens (including phenoxy) is 1. The number of carbonyl (C=O) groups is 1. The number of hydrogen-bond acceptors (Lipinski definition) is 6. The number of unbranched alkanes of at least 4 members (excludes halogenated alkanes) is 1. The molecule has 1 amide bonds. The molecule has 4 rings (SSSR count). The normalized spacial score (nSPS) is 10.9. The molecule has 2 aromatic heterocycles. The van der Waals surface area contributed by atoms with E-state index < -0.39 is 6.09 Å². The average Bonchev–Trinajstić information content (AvgIpc) is 3.52. The lowest BCUT2D eigenvalue weighted by molar-refractivity contribution is 0.194. The number of nitrogens with zero attached hydrogens (tertiary/aromatic N) is 4. The van der Waals surface area contributed by atoms with Crippen LogP contribution in [0.3, 0.4) is 0 Å². The maximum absolute atomic E-state index is 10.5. The van der Waals surface area contributed by atoms with E-state index in [4.69, 9.17) is 14.8 Å². The first kappa shape index (κ1) is 23.4. The summed E-state index contributed by atoms with van der Waals surface area (Å²) in [6, 6.07) is 16.4. The molecule has 0 bridgehead atoms. The molecule has 8 nitrogen and oxygen atoms in total. The monoisotopic (exact) mass is 477 g/mol. The molecule has 0 saturated carbocycles. The summed E-state index contributed by atoms with van der Waals surface area (Å²) in [7, 11) is 1.66. The van der Waals surface area contributed by atoms with Crippen LogP contribution in [0.15, 0.2) is 60.1 Å². The zero-order valence-corrected chi connectivity index (χ0v) is 19.8. The molecular formula is C25H27N5O3S. The van der Waals surface area contributed by atoms with Crippen LogP contribution >= 0.6 is 11.3 Å². The van der Waals surface area contributed by atoms with Gasteiger partial charge in [-0.05, 0) is 49.8 Å². The SMILES string of the molecule is COc1cc(-n2cc(CCCCNC(=O)O)nn2)ccc1-c1nc(CCc2ccccc2)cs1. The first-order chi connectivity index (χ1) is 16.6. The van der Waals surface area contributed by atoms with Crippen molar-refractivity contribution >= 4 is 17.4 Å². The fraction of sp³-hybridized carbons (Fsp3) is 0.280. The number of thiazole rings is 1. The van der Waals surface area contributed by atoms with Crippen molar-refractivity contribution in [2.45, 2.75) is 32.1 Å². The maximum atomic E-state index is 10.5. The van der Waals surface area contributed by atoms with E-state index in [0.29, 0.717) is 6.54 Å². The van der Waals surface area contributed by atoms with Gasteiger partial charge in [-0.15, -0.1) is 16.4 Å². The number of aryl methyl sites for hydroxylation is 3. The molecule has 0 aliphatic rings. The molecule has 9 heteroatoms. The molecular weight excluding hydrogens is 450 g/mol. The van der Waals surface area contributed by atoms with Crippen LogP contribution < -0.4 is 10.1 Å². The molecule has 0 radical (unpaired) electrons. The van der Waals surface area contributed by atoms with Crippen molar-refractivity contribution in [3.05, 3.63) is 77.1 Å². The second kappa shape index (κ2) is 11.4. The number of amides is 1. The third-order valence-electron chi connectivity index (χ3n) is 5.42. The van der Waals surface area contributed by atoms with E-state index in [2.05, 4.69) is 45.3 Å². The minimum atomic E-state index is -0.996. The van der Waals surface area contributed by atoms with Gasteiger partial charge >= 0.3 is 6.09 Å². The molecule has 2 heterocycles. The second-order valence-electron chi connectivity index (χ2n) is 7.86. The summed E-state index contributed by atoms with van der Waals surface area (Å²) >= 11 is 1.62. The summed E-state index contributed by atoms with van der Waals surface area (Å²) in [5, 5.41) is 22.5. The topological polar surface area (TPSA) is 102 Å². The van der Waals surface area contributed by atoms with Crippen molar-refractivity contribution in [2.24, 2.45) is 0 Å². The number of aromatic nitrogens is 4. The summed E-state index contributed by atoms with van der Waals surface area (Å²) in [6.07, 6.45) is 5.08. The lowest BCUT2D eigenvalue weighted by Gasteiger charge is -2.09. The van der Waals surface area contributed by atoms with Crippen LogP contribution in [0.4, 0.5) is 4.79 Å². The largest absolute Gasteiger partial charge is 0.496 e. The van der Waals surface area contributed by atoms with E-state index in [1.54, 1.807) is 23.1 Å². The van der Waals surface area contributed by atoms with Crippen LogP contribution in [0.2, 0.25) is 0 Å². The Kier molecular flexibility index (Phi) is 7.87. The van der Waals surface area contributed by atoms with Crippen molar-refractivity contribution < 1.29 is 14.6 Å². The minimum absolute atomic E-state index is 0.437. The van der Waals surface area contributed by atoms with E-state index >= 15 is 0 Å². The number of methoxy groups -OCH3 is 1. The number of benzene rings is 2. The predicted octanol–water partition coefficient (Wildman–Crippen LogP) is 4.77. The highest BCUT2D eigenvalue weighted by Gasteiger charge is 2.13. The molecule has 2 N–H and O–H groups in total. The number of hydrogen-bond donors (Lipinski definition) is 2. The number of carboxylic acid groups (broad SMARTS) is 1. The summed E-state index contributed by atoms with van der Waals surface area (Å²) in [6.45, 7) is 0.437. The Balaban J connectivity index is 1.40. The van der Waals surface area contributed by atoms with E-state index in [0.717, 1.165) is 65.5 Å². The fourth-order valence-corrected chi connectivity index (χ4v) is 4.51. The predicted molar refractivity (Wildman–Crippen MR) is 132 cm³/mol. The van der Waals surface area contributed by atoms with Gasteiger partial charge in [-0.2, -0.15) is 0 Å². The highest BCUT2D eigenvalue weighted by atomic mass is 32.1. The van der Waals surface area contributed by atoms with Gasteiger partial charge in [-0.3, -0.25) is 0 Å². The molecule has 0 atom stereocenters. The van der Waals surface area contributed by atoms with Crippen LogP contribution in [0.1, 0.15) is 29.8 Å². The Morgan fingerprint density at radius 3 is 2.74 bits per heavy atom. The van der Waals surface area contributed by atoms with Gasteiger partial charge in [-0.25, -0.2) is 14.5 Å². The third-order valence-corrected chi connectivity index (χ3v) is 6.35. The Bertz CT molecular complexity index is 1220. The molecule has 34 heavy (non-hydrogen) atoms. The van der Waals surface area contributed by atoms with Crippen LogP contribution in [0.5, 0.6) is 5.75 Å². The first-order valence-corrected chi connectivity index (χ1v) is 12.1. The highest BCUT2D eigenvalue weighted by Crippen LogP contribution is 2.34. The van der Waals surface area contributed by atoms with Gasteiger partial charge < -0.3 is 15.2 Å². The van der Waals surface area contributed by atoms with Gasteiger partial charge in [-0.1, -0.05) is 35.5 Å². The molecule has 0 saturated heterocycles. The first-order valence-electron chi connectivity index (χ1n) is 11.2. The zero-order valence-electron chi connectivity index (χ0n) is 19.0. The van der Waals surface area contributed by atoms with E-state index in [9.17, 15) is 4.79 Å². The van der Waals surface area contributed by atoms with Crippen LogP contribution in [-0.4, -0.2) is 44.8 Å². The number of nitrogens with one attached hydrogen (secondary N) is 1. The van der Waals surface area contributed by atoms with Crippen molar-refractivity contribution in [1.29, 1.82) is 0 Å². The molecule has 4 aromatic rings. The van der Waals surface area contributed by atoms with E-state index in [1.807, 2.05) is 30.5 Å². The fourth-order valence-electron chi connectivity index (χ4n) is 3.63. The summed E-state index contributed by atoms with van der Waals surface area (Å²) < 4.78 is 7.40. The summed E-state index contributed by atoms with van der Waals surface area (Å²) in [5.74, 6) is 0.734. The van der Waals surface area contributed by atoms with Gasteiger partial charge in [0.2, 0.25) is 0 Å². The standard InChI is InChI=1S/C25H27N5O3S/c1-33-23-15-21(30-16-19(28-29-30)9-5-6-14-26-25(31)32)12-13-22(23)24-27-20(17-34-24)11-10-18-7-3-2-4-8-18/h2-4,7-8,12-13,15-17,26H,5-6,9-11,14H2,1H3,(H,31,32). The maximum Gasteiger partial charge on any atom is 0.404 e. The minimum Gasteiger partial charge on any atom is -0.496 e. The zero-order chi connectivity index (χ0) is 23.8. The van der Waals surface area contributed by atoms with Crippen molar-refractivity contribution in [1.82, 2.24) is 25.3 Å². The lowest BCUT2D eigenvalue weighted by Crippen LogP contribution is -2.21. The molecule has 0 spiro atoms. The summed E-state index contributed by atoms with van der Waals surface area (Å²) in [5.41, 5.74) is 5.06. The smallest absolute Gasteiger partial charge is 0.404 e. The van der Waals surface area contributed by atoms with Gasteiger partial charge in [0.15, 0.2) is 0 Å². The van der Waals surface area contributed by atoms with Gasteiger partial charge in [0.25, 0.3) is 0 Å². The van der Waals surface area contributed by atoms with Crippen LogP contribution in [0.25, 0.3) is 16.3 Å². The Morgan fingerprint density at radius 1 is 1.09 bits per heavy atom. The Hall–Kier alpha value is -3.72. The van der Waals surface area contributed by atoms with Crippen LogP contribution in [-0.2, 0) is 19.3 Å². The van der Waals surface area contributed by atoms with Gasteiger partial charge in [0.05, 0.1) is 35.9 Å². The second-order valence-corrected chi connectivity index (χ2v) is 8.72. The Morgan fingerprint density at radius 2 is 1.94 bits per heavy atom. The van der Waals surface area contributed by atoms with E-state index in [-0.39, 0.29) is 0 Å². The van der Waals surface area contributed by atoms with Crippen LogP contribution in [0, 0.1) is 0 Å². The van der Waals surface area contributed by atoms with Crippen molar-refractivity contribution in [3.8, 4) is 22.0 Å².